The Labute approximate surface area is 123 Å². The van der Waals surface area contributed by atoms with Crippen molar-refractivity contribution < 1.29 is 0 Å². The van der Waals surface area contributed by atoms with Crippen LogP contribution in [0.15, 0.2) is 30.3 Å². The lowest BCUT2D eigenvalue weighted by atomic mass is 10.1. The minimum atomic E-state index is 0.398. The van der Waals surface area contributed by atoms with Crippen molar-refractivity contribution in [2.24, 2.45) is 0 Å². The fraction of sp³-hybridized carbons (Fsp3) is 0.625. The zero-order valence-corrected chi connectivity index (χ0v) is 12.8. The van der Waals surface area contributed by atoms with Gasteiger partial charge in [0.05, 0.1) is 0 Å². The first-order valence-electron chi connectivity index (χ1n) is 7.62. The lowest BCUT2D eigenvalue weighted by Gasteiger charge is -2.26. The summed E-state index contributed by atoms with van der Waals surface area (Å²) in [5, 5.41) is 7.25. The van der Waals surface area contributed by atoms with Crippen LogP contribution >= 0.6 is 0 Å². The molecule has 2 N–H and O–H groups in total. The summed E-state index contributed by atoms with van der Waals surface area (Å²) in [5.41, 5.74) is 1.37. The van der Waals surface area contributed by atoms with E-state index in [0.29, 0.717) is 6.04 Å². The average molecular weight is 276 g/mol. The molecule has 112 valence electrons. The van der Waals surface area contributed by atoms with Crippen LogP contribution in [-0.4, -0.2) is 69.7 Å². The topological polar surface area (TPSA) is 30.5 Å². The lowest BCUT2D eigenvalue weighted by molar-refractivity contribution is 0.247. The van der Waals surface area contributed by atoms with E-state index in [2.05, 4.69) is 64.9 Å². The molecule has 0 saturated carbocycles. The van der Waals surface area contributed by atoms with Crippen LogP contribution in [0.5, 0.6) is 0 Å². The van der Waals surface area contributed by atoms with Gasteiger partial charge in [-0.1, -0.05) is 30.3 Å². The molecular formula is C16H28N4. The predicted molar refractivity (Wildman–Crippen MR) is 85.0 cm³/mol. The highest BCUT2D eigenvalue weighted by Crippen LogP contribution is 2.11. The Hall–Kier alpha value is -0.940. The first-order chi connectivity index (χ1) is 9.75. The summed E-state index contributed by atoms with van der Waals surface area (Å²) in [5.74, 6) is 0. The summed E-state index contributed by atoms with van der Waals surface area (Å²) in [6, 6.07) is 11.1. The number of nitrogens with zero attached hydrogens (tertiary/aromatic N) is 2. The second kappa shape index (κ2) is 8.37. The highest BCUT2D eigenvalue weighted by molar-refractivity contribution is 5.19. The number of hydrogen-bond acceptors (Lipinski definition) is 4. The molecule has 1 aliphatic rings. The molecule has 20 heavy (non-hydrogen) atoms. The molecule has 1 unspecified atom stereocenters. The third-order valence-electron chi connectivity index (χ3n) is 3.97. The summed E-state index contributed by atoms with van der Waals surface area (Å²) in [6.07, 6.45) is 0. The monoisotopic (exact) mass is 276 g/mol. The van der Waals surface area contributed by atoms with E-state index in [1.165, 1.54) is 5.56 Å². The van der Waals surface area contributed by atoms with Crippen molar-refractivity contribution in [1.82, 2.24) is 20.4 Å². The van der Waals surface area contributed by atoms with Gasteiger partial charge in [0.25, 0.3) is 0 Å². The Kier molecular flexibility index (Phi) is 6.47. The molecular weight excluding hydrogens is 248 g/mol. The second-order valence-corrected chi connectivity index (χ2v) is 5.73. The van der Waals surface area contributed by atoms with Crippen LogP contribution in [0.25, 0.3) is 0 Å². The van der Waals surface area contributed by atoms with Crippen molar-refractivity contribution in [2.75, 3.05) is 59.9 Å². The largest absolute Gasteiger partial charge is 0.314 e. The number of hydrogen-bond donors (Lipinski definition) is 2. The Morgan fingerprint density at radius 3 is 2.25 bits per heavy atom. The molecule has 1 atom stereocenters. The fourth-order valence-corrected chi connectivity index (χ4v) is 2.50. The van der Waals surface area contributed by atoms with Gasteiger partial charge < -0.3 is 20.4 Å². The maximum atomic E-state index is 3.68. The van der Waals surface area contributed by atoms with Crippen LogP contribution < -0.4 is 10.6 Å². The quantitative estimate of drug-likeness (QED) is 0.794. The predicted octanol–water partition coefficient (Wildman–Crippen LogP) is 0.784. The summed E-state index contributed by atoms with van der Waals surface area (Å²) in [4.78, 5) is 4.80. The summed E-state index contributed by atoms with van der Waals surface area (Å²) in [7, 11) is 4.41. The molecule has 2 rings (SSSR count). The van der Waals surface area contributed by atoms with Crippen molar-refractivity contribution in [1.29, 1.82) is 0 Å². The van der Waals surface area contributed by atoms with Gasteiger partial charge in [0.1, 0.15) is 0 Å². The van der Waals surface area contributed by atoms with Crippen molar-refractivity contribution in [3.05, 3.63) is 35.9 Å². The van der Waals surface area contributed by atoms with Gasteiger partial charge >= 0.3 is 0 Å². The third-order valence-corrected chi connectivity index (χ3v) is 3.97. The Morgan fingerprint density at radius 1 is 0.900 bits per heavy atom. The molecule has 0 radical (unpaired) electrons. The Bertz CT molecular complexity index is 368. The Morgan fingerprint density at radius 2 is 1.55 bits per heavy atom. The standard InChI is InChI=1S/C16H28N4/c1-19-10-8-17-14-16(15-6-4-3-5-7-15)18-9-11-20(2)13-12-19/h3-7,16-18H,8-14H2,1-2H3. The molecule has 0 aromatic heterocycles. The van der Waals surface area contributed by atoms with E-state index in [4.69, 9.17) is 0 Å². The molecule has 0 spiro atoms. The second-order valence-electron chi connectivity index (χ2n) is 5.73. The SMILES string of the molecule is CN1CCNCC(c2ccccc2)NCCN(C)CC1. The van der Waals surface area contributed by atoms with E-state index in [0.717, 1.165) is 45.8 Å². The van der Waals surface area contributed by atoms with Gasteiger partial charge in [0, 0.05) is 51.9 Å². The van der Waals surface area contributed by atoms with Gasteiger partial charge in [-0.15, -0.1) is 0 Å². The summed E-state index contributed by atoms with van der Waals surface area (Å²) in [6.45, 7) is 7.54. The number of rotatable bonds is 1. The maximum absolute atomic E-state index is 3.68. The van der Waals surface area contributed by atoms with Crippen LogP contribution in [0.3, 0.4) is 0 Å². The lowest BCUT2D eigenvalue weighted by Crippen LogP contribution is -2.42. The molecule has 1 aliphatic heterocycles. The van der Waals surface area contributed by atoms with E-state index in [9.17, 15) is 0 Å². The number of likely N-dealkylation sites (N-methyl/N-ethyl adjacent to an activating group) is 2. The number of benzene rings is 1. The van der Waals surface area contributed by atoms with Crippen molar-refractivity contribution in [3.63, 3.8) is 0 Å². The highest BCUT2D eigenvalue weighted by Gasteiger charge is 2.11. The average Bonchev–Trinajstić information content (AvgIpc) is 2.47. The summed E-state index contributed by atoms with van der Waals surface area (Å²) >= 11 is 0. The minimum absolute atomic E-state index is 0.398. The zero-order valence-electron chi connectivity index (χ0n) is 12.8. The third kappa shape index (κ3) is 5.21. The highest BCUT2D eigenvalue weighted by atomic mass is 15.2. The fourth-order valence-electron chi connectivity index (χ4n) is 2.50. The van der Waals surface area contributed by atoms with E-state index in [1.54, 1.807) is 0 Å². The molecule has 1 aromatic rings. The minimum Gasteiger partial charge on any atom is -0.314 e. The van der Waals surface area contributed by atoms with Crippen LogP contribution in [0.2, 0.25) is 0 Å². The summed E-state index contributed by atoms with van der Waals surface area (Å²) < 4.78 is 0. The number of nitrogens with one attached hydrogen (secondary N) is 2. The van der Waals surface area contributed by atoms with E-state index >= 15 is 0 Å². The molecule has 1 saturated heterocycles. The molecule has 0 aliphatic carbocycles. The molecule has 0 bridgehead atoms. The van der Waals surface area contributed by atoms with Gasteiger partial charge in [-0.05, 0) is 19.7 Å². The van der Waals surface area contributed by atoms with Crippen LogP contribution in [-0.2, 0) is 0 Å². The van der Waals surface area contributed by atoms with Gasteiger partial charge in [0.15, 0.2) is 0 Å². The van der Waals surface area contributed by atoms with Crippen LogP contribution in [0.4, 0.5) is 0 Å². The van der Waals surface area contributed by atoms with Gasteiger partial charge in [-0.2, -0.15) is 0 Å². The van der Waals surface area contributed by atoms with Crippen LogP contribution in [0, 0.1) is 0 Å². The Balaban J connectivity index is 1.94. The molecule has 0 amide bonds. The van der Waals surface area contributed by atoms with E-state index in [1.807, 2.05) is 0 Å². The van der Waals surface area contributed by atoms with Gasteiger partial charge in [-0.3, -0.25) is 0 Å². The smallest absolute Gasteiger partial charge is 0.0447 e. The van der Waals surface area contributed by atoms with Gasteiger partial charge in [-0.25, -0.2) is 0 Å². The zero-order chi connectivity index (χ0) is 14.2. The van der Waals surface area contributed by atoms with Crippen molar-refractivity contribution >= 4 is 0 Å². The molecule has 4 heteroatoms. The first kappa shape index (κ1) is 15.4. The van der Waals surface area contributed by atoms with Gasteiger partial charge in [0.2, 0.25) is 0 Å². The van der Waals surface area contributed by atoms with E-state index < -0.39 is 0 Å². The van der Waals surface area contributed by atoms with Crippen molar-refractivity contribution in [3.8, 4) is 0 Å². The van der Waals surface area contributed by atoms with E-state index in [-0.39, 0.29) is 0 Å². The van der Waals surface area contributed by atoms with Crippen LogP contribution in [0.1, 0.15) is 11.6 Å². The molecule has 1 aromatic carbocycles. The van der Waals surface area contributed by atoms with Crippen molar-refractivity contribution in [2.45, 2.75) is 6.04 Å². The first-order valence-corrected chi connectivity index (χ1v) is 7.62. The molecule has 1 heterocycles. The molecule has 4 nitrogen and oxygen atoms in total. The normalized spacial score (nSPS) is 24.8. The molecule has 1 fully saturated rings. The maximum Gasteiger partial charge on any atom is 0.0447 e.